The molecule has 37 heavy (non-hydrogen) atoms. The fourth-order valence-electron chi connectivity index (χ4n) is 6.01. The summed E-state index contributed by atoms with van der Waals surface area (Å²) >= 11 is 0. The molecule has 0 bridgehead atoms. The smallest absolute Gasteiger partial charge is 0.0817 e. The molecule has 2 aliphatic rings. The Morgan fingerprint density at radius 1 is 0.757 bits per heavy atom. The van der Waals surface area contributed by atoms with Gasteiger partial charge in [-0.25, -0.2) is 0 Å². The molecular formula is C37H37+. The van der Waals surface area contributed by atoms with E-state index in [1.807, 2.05) is 6.08 Å². The van der Waals surface area contributed by atoms with Crippen LogP contribution in [-0.2, 0) is 5.41 Å². The molecule has 0 spiro atoms. The van der Waals surface area contributed by atoms with Gasteiger partial charge in [-0.1, -0.05) is 87.2 Å². The SMILES string of the molecule is C=C[C+]1C=C(C)C(=C=C2c3ccccc3C(c3c(C)cc(C(C)(C)C)cc3C)c3ccccc32)C(C)=C1. The molecule has 0 saturated carbocycles. The van der Waals surface area contributed by atoms with E-state index in [0.29, 0.717) is 0 Å². The molecule has 0 aliphatic heterocycles. The van der Waals surface area contributed by atoms with Gasteiger partial charge in [0.15, 0.2) is 0 Å². The maximum Gasteiger partial charge on any atom is 0.105 e. The minimum Gasteiger partial charge on any atom is -0.0817 e. The van der Waals surface area contributed by atoms with Crippen LogP contribution in [0.15, 0.2) is 108 Å². The fraction of sp³-hybridized carbons (Fsp3) is 0.243. The first-order valence-corrected chi connectivity index (χ1v) is 13.3. The summed E-state index contributed by atoms with van der Waals surface area (Å²) in [4.78, 5) is 0. The molecule has 0 nitrogen and oxygen atoms in total. The van der Waals surface area contributed by atoms with Crippen molar-refractivity contribution in [1.82, 2.24) is 0 Å². The van der Waals surface area contributed by atoms with Crippen LogP contribution in [0.25, 0.3) is 5.57 Å². The standard InChI is InChI=1S/C37H37/c1-9-27-18-23(2)33(24(3)19-27)22-34-29-14-10-12-16-31(29)36(32-17-13-11-15-30(32)34)35-25(4)20-28(21-26(35)5)37(6,7)8/h9-21,36H,1H2,2-8H3/q+1. The Kier molecular flexibility index (Phi) is 6.26. The fourth-order valence-corrected chi connectivity index (χ4v) is 6.01. The maximum atomic E-state index is 3.96. The van der Waals surface area contributed by atoms with E-state index in [2.05, 4.69) is 134 Å². The van der Waals surface area contributed by atoms with Crippen molar-refractivity contribution in [3.63, 3.8) is 0 Å². The van der Waals surface area contributed by atoms with Crippen molar-refractivity contribution in [1.29, 1.82) is 0 Å². The van der Waals surface area contributed by atoms with Gasteiger partial charge >= 0.3 is 0 Å². The summed E-state index contributed by atoms with van der Waals surface area (Å²) in [6, 6.07) is 22.7. The molecule has 0 heterocycles. The molecule has 3 aromatic carbocycles. The summed E-state index contributed by atoms with van der Waals surface area (Å²) in [7, 11) is 0. The molecule has 0 radical (unpaired) electrons. The number of benzene rings is 3. The van der Waals surface area contributed by atoms with Gasteiger partial charge in [0.05, 0.1) is 5.92 Å². The van der Waals surface area contributed by atoms with Crippen LogP contribution in [0.2, 0.25) is 0 Å². The Morgan fingerprint density at radius 2 is 1.24 bits per heavy atom. The first-order valence-electron chi connectivity index (χ1n) is 13.3. The Morgan fingerprint density at radius 3 is 1.70 bits per heavy atom. The quantitative estimate of drug-likeness (QED) is 0.197. The molecule has 5 rings (SSSR count). The predicted octanol–water partition coefficient (Wildman–Crippen LogP) is 9.72. The van der Waals surface area contributed by atoms with E-state index in [9.17, 15) is 0 Å². The molecule has 0 atom stereocenters. The normalized spacial score (nSPS) is 16.9. The molecule has 0 heteroatoms. The zero-order valence-corrected chi connectivity index (χ0v) is 23.3. The average Bonchev–Trinajstić information content (AvgIpc) is 2.85. The summed E-state index contributed by atoms with van der Waals surface area (Å²) in [5.41, 5.74) is 19.6. The number of rotatable bonds is 2. The van der Waals surface area contributed by atoms with Crippen LogP contribution in [0.3, 0.4) is 0 Å². The molecule has 184 valence electrons. The third-order valence-corrected chi connectivity index (χ3v) is 7.87. The van der Waals surface area contributed by atoms with Gasteiger partial charge in [-0.2, -0.15) is 0 Å². The number of allylic oxidation sites excluding steroid dienone is 6. The Balaban J connectivity index is 1.80. The van der Waals surface area contributed by atoms with Crippen LogP contribution in [-0.4, -0.2) is 0 Å². The number of aryl methyl sites for hydroxylation is 2. The van der Waals surface area contributed by atoms with E-state index >= 15 is 0 Å². The Labute approximate surface area is 223 Å². The van der Waals surface area contributed by atoms with Gasteiger partial charge in [0.2, 0.25) is 0 Å². The lowest BCUT2D eigenvalue weighted by Gasteiger charge is -2.33. The first kappa shape index (κ1) is 24.9. The van der Waals surface area contributed by atoms with Crippen LogP contribution < -0.4 is 0 Å². The summed E-state index contributed by atoms with van der Waals surface area (Å²) < 4.78 is 0. The topological polar surface area (TPSA) is 0 Å². The lowest BCUT2D eigenvalue weighted by molar-refractivity contribution is 0.588. The highest BCUT2D eigenvalue weighted by Gasteiger charge is 2.32. The highest BCUT2D eigenvalue weighted by atomic mass is 14.3. The Bertz CT molecular complexity index is 1440. The van der Waals surface area contributed by atoms with Gasteiger partial charge < -0.3 is 0 Å². The highest BCUT2D eigenvalue weighted by Crippen LogP contribution is 2.48. The van der Waals surface area contributed by atoms with E-state index < -0.39 is 0 Å². The molecule has 2 aliphatic carbocycles. The molecule has 0 aromatic heterocycles. The van der Waals surface area contributed by atoms with Gasteiger partial charge in [0.25, 0.3) is 0 Å². The van der Waals surface area contributed by atoms with Crippen LogP contribution in [0.5, 0.6) is 0 Å². The van der Waals surface area contributed by atoms with E-state index in [4.69, 9.17) is 0 Å². The molecule has 0 unspecified atom stereocenters. The van der Waals surface area contributed by atoms with Gasteiger partial charge in [-0.05, 0) is 84.2 Å². The molecular weight excluding hydrogens is 444 g/mol. The minimum atomic E-state index is 0.123. The zero-order valence-electron chi connectivity index (χ0n) is 23.3. The van der Waals surface area contributed by atoms with Crippen LogP contribution >= 0.6 is 0 Å². The van der Waals surface area contributed by atoms with E-state index in [1.165, 1.54) is 66.8 Å². The van der Waals surface area contributed by atoms with Crippen molar-refractivity contribution in [2.24, 2.45) is 0 Å². The number of hydrogen-bond acceptors (Lipinski definition) is 0. The second kappa shape index (κ2) is 9.29. The second-order valence-corrected chi connectivity index (χ2v) is 11.6. The summed E-state index contributed by atoms with van der Waals surface area (Å²) in [5, 5.41) is 0. The van der Waals surface area contributed by atoms with Gasteiger partial charge in [0, 0.05) is 40.9 Å². The molecule has 3 aromatic rings. The van der Waals surface area contributed by atoms with Crippen molar-refractivity contribution >= 4 is 5.57 Å². The van der Waals surface area contributed by atoms with E-state index in [-0.39, 0.29) is 11.3 Å². The first-order chi connectivity index (χ1) is 17.6. The van der Waals surface area contributed by atoms with Gasteiger partial charge in [0.1, 0.15) is 5.57 Å². The van der Waals surface area contributed by atoms with Crippen molar-refractivity contribution in [2.45, 2.75) is 59.8 Å². The molecule has 0 amide bonds. The van der Waals surface area contributed by atoms with Gasteiger partial charge in [-0.15, -0.1) is 0 Å². The summed E-state index contributed by atoms with van der Waals surface area (Å²) in [6.45, 7) is 19.8. The van der Waals surface area contributed by atoms with Crippen LogP contribution in [0, 0.1) is 19.8 Å². The third-order valence-electron chi connectivity index (χ3n) is 7.87. The van der Waals surface area contributed by atoms with Gasteiger partial charge in [-0.3, -0.25) is 0 Å². The van der Waals surface area contributed by atoms with Crippen molar-refractivity contribution < 1.29 is 0 Å². The monoisotopic (exact) mass is 481 g/mol. The van der Waals surface area contributed by atoms with Crippen molar-refractivity contribution in [3.05, 3.63) is 158 Å². The van der Waals surface area contributed by atoms with E-state index in [1.54, 1.807) is 0 Å². The molecule has 0 saturated heterocycles. The zero-order chi connectivity index (χ0) is 26.5. The second-order valence-electron chi connectivity index (χ2n) is 11.6. The van der Waals surface area contributed by atoms with Crippen molar-refractivity contribution in [2.75, 3.05) is 0 Å². The van der Waals surface area contributed by atoms with Crippen molar-refractivity contribution in [3.8, 4) is 0 Å². The number of hydrogen-bond donors (Lipinski definition) is 0. The molecule has 0 fully saturated rings. The average molecular weight is 482 g/mol. The highest BCUT2D eigenvalue weighted by molar-refractivity contribution is 5.88. The third kappa shape index (κ3) is 4.37. The summed E-state index contributed by atoms with van der Waals surface area (Å²) in [6.07, 6.45) is 6.33. The lowest BCUT2D eigenvalue weighted by Crippen LogP contribution is -2.18. The van der Waals surface area contributed by atoms with Crippen LogP contribution in [0.1, 0.15) is 85.0 Å². The lowest BCUT2D eigenvalue weighted by atomic mass is 9.70. The number of fused-ring (bicyclic) bond motifs is 2. The minimum absolute atomic E-state index is 0.123. The van der Waals surface area contributed by atoms with Crippen LogP contribution in [0.4, 0.5) is 0 Å². The summed E-state index contributed by atoms with van der Waals surface area (Å²) in [5.74, 6) is 1.34. The largest absolute Gasteiger partial charge is 0.105 e. The predicted molar refractivity (Wildman–Crippen MR) is 159 cm³/mol. The Hall–Kier alpha value is -3.73. The maximum absolute atomic E-state index is 3.96. The molecule has 0 N–H and O–H groups in total. The van der Waals surface area contributed by atoms with E-state index in [0.717, 1.165) is 5.92 Å².